The first kappa shape index (κ1) is 12.0. The average molecular weight is 251 g/mol. The summed E-state index contributed by atoms with van der Waals surface area (Å²) in [6.45, 7) is 2.27. The molecule has 0 saturated heterocycles. The summed E-state index contributed by atoms with van der Waals surface area (Å²) >= 11 is 0. The van der Waals surface area contributed by atoms with Crippen LogP contribution in [0.3, 0.4) is 0 Å². The molecule has 0 bridgehead atoms. The van der Waals surface area contributed by atoms with Crippen LogP contribution in [0.25, 0.3) is 22.2 Å². The number of benzene rings is 2. The molecule has 1 heterocycles. The molecule has 0 amide bonds. The summed E-state index contributed by atoms with van der Waals surface area (Å²) < 4.78 is 0. The van der Waals surface area contributed by atoms with Crippen molar-refractivity contribution in [1.29, 1.82) is 0 Å². The van der Waals surface area contributed by atoms with Crippen LogP contribution in [0, 0.1) is 6.92 Å². The second-order valence-electron chi connectivity index (χ2n) is 4.82. The van der Waals surface area contributed by atoms with Gasteiger partial charge in [0.15, 0.2) is 0 Å². The van der Waals surface area contributed by atoms with Gasteiger partial charge in [-0.3, -0.25) is 0 Å². The molecule has 0 fully saturated rings. The summed E-state index contributed by atoms with van der Waals surface area (Å²) in [6, 6.07) is 16.6. The average Bonchev–Trinajstić information content (AvgIpc) is 2.81. The van der Waals surface area contributed by atoms with Crippen LogP contribution in [0.4, 0.5) is 0 Å². The fraction of sp³-hybridized carbons (Fsp3) is 0.176. The molecule has 0 spiro atoms. The summed E-state index contributed by atoms with van der Waals surface area (Å²) in [5.41, 5.74) is 5.90. The molecule has 3 rings (SSSR count). The Morgan fingerprint density at radius 2 is 1.79 bits per heavy atom. The molecule has 2 nitrogen and oxygen atoms in total. The summed E-state index contributed by atoms with van der Waals surface area (Å²) in [7, 11) is 0. The molecule has 2 heteroatoms. The van der Waals surface area contributed by atoms with Gasteiger partial charge < -0.3 is 10.1 Å². The fourth-order valence-corrected chi connectivity index (χ4v) is 2.64. The molecule has 19 heavy (non-hydrogen) atoms. The molecule has 0 unspecified atom stereocenters. The van der Waals surface area contributed by atoms with E-state index in [0.717, 1.165) is 5.69 Å². The van der Waals surface area contributed by atoms with Crippen molar-refractivity contribution in [2.24, 2.45) is 0 Å². The largest absolute Gasteiger partial charge is 0.396 e. The topological polar surface area (TPSA) is 36.0 Å². The maximum Gasteiger partial charge on any atom is 0.0498 e. The van der Waals surface area contributed by atoms with Crippen molar-refractivity contribution < 1.29 is 5.11 Å². The monoisotopic (exact) mass is 251 g/mol. The van der Waals surface area contributed by atoms with Crippen molar-refractivity contribution in [2.45, 2.75) is 13.3 Å². The van der Waals surface area contributed by atoms with Crippen LogP contribution in [0.1, 0.15) is 11.1 Å². The SMILES string of the molecule is Cc1cccc2c(CCO)c(-c3ccccc3)[nH]c12. The number of aliphatic hydroxyl groups is 1. The normalized spacial score (nSPS) is 11.1. The predicted octanol–water partition coefficient (Wildman–Crippen LogP) is 3.68. The van der Waals surface area contributed by atoms with E-state index in [1.165, 1.54) is 27.6 Å². The van der Waals surface area contributed by atoms with E-state index in [-0.39, 0.29) is 6.61 Å². The van der Waals surface area contributed by atoms with Crippen molar-refractivity contribution >= 4 is 10.9 Å². The highest BCUT2D eigenvalue weighted by atomic mass is 16.2. The highest BCUT2D eigenvalue weighted by molar-refractivity contribution is 5.92. The van der Waals surface area contributed by atoms with E-state index in [2.05, 4.69) is 42.2 Å². The van der Waals surface area contributed by atoms with E-state index in [4.69, 9.17) is 0 Å². The first-order chi connectivity index (χ1) is 9.31. The number of fused-ring (bicyclic) bond motifs is 1. The molecule has 0 radical (unpaired) electrons. The van der Waals surface area contributed by atoms with Crippen molar-refractivity contribution in [2.75, 3.05) is 6.61 Å². The molecule has 2 N–H and O–H groups in total. The zero-order chi connectivity index (χ0) is 13.2. The first-order valence-corrected chi connectivity index (χ1v) is 6.57. The third kappa shape index (κ3) is 2.04. The Kier molecular flexibility index (Phi) is 3.10. The molecule has 1 aromatic heterocycles. The van der Waals surface area contributed by atoms with Crippen LogP contribution in [0.2, 0.25) is 0 Å². The molecular formula is C17H17NO. The Bertz CT molecular complexity index is 698. The van der Waals surface area contributed by atoms with E-state index in [9.17, 15) is 5.11 Å². The van der Waals surface area contributed by atoms with Crippen LogP contribution in [0.5, 0.6) is 0 Å². The molecule has 3 aromatic rings. The minimum atomic E-state index is 0.167. The third-order valence-corrected chi connectivity index (χ3v) is 3.57. The predicted molar refractivity (Wildman–Crippen MR) is 79.3 cm³/mol. The Morgan fingerprint density at radius 1 is 1.00 bits per heavy atom. The van der Waals surface area contributed by atoms with Crippen LogP contribution in [-0.2, 0) is 6.42 Å². The number of nitrogens with one attached hydrogen (secondary N) is 1. The highest BCUT2D eigenvalue weighted by Gasteiger charge is 2.13. The van der Waals surface area contributed by atoms with Crippen LogP contribution < -0.4 is 0 Å². The van der Waals surface area contributed by atoms with Gasteiger partial charge in [0, 0.05) is 23.2 Å². The van der Waals surface area contributed by atoms with E-state index in [1.807, 2.05) is 18.2 Å². The molecule has 96 valence electrons. The highest BCUT2D eigenvalue weighted by Crippen LogP contribution is 2.31. The lowest BCUT2D eigenvalue weighted by Gasteiger charge is -2.03. The summed E-state index contributed by atoms with van der Waals surface area (Å²) in [5, 5.41) is 10.5. The lowest BCUT2D eigenvalue weighted by atomic mass is 10.0. The Balaban J connectivity index is 2.29. The molecule has 0 aliphatic heterocycles. The maximum atomic E-state index is 9.32. The zero-order valence-corrected chi connectivity index (χ0v) is 11.0. The number of hydrogen-bond donors (Lipinski definition) is 2. The number of para-hydroxylation sites is 1. The van der Waals surface area contributed by atoms with Gasteiger partial charge in [-0.2, -0.15) is 0 Å². The van der Waals surface area contributed by atoms with Gasteiger partial charge in [0.2, 0.25) is 0 Å². The van der Waals surface area contributed by atoms with Gasteiger partial charge >= 0.3 is 0 Å². The molecule has 0 aliphatic rings. The van der Waals surface area contributed by atoms with Gasteiger partial charge in [-0.1, -0.05) is 48.5 Å². The molecule has 0 aliphatic carbocycles. The van der Waals surface area contributed by atoms with E-state index in [1.54, 1.807) is 0 Å². The lowest BCUT2D eigenvalue weighted by molar-refractivity contribution is 0.300. The Labute approximate surface area is 112 Å². The summed E-state index contributed by atoms with van der Waals surface area (Å²) in [5.74, 6) is 0. The number of rotatable bonds is 3. The molecule has 0 saturated carbocycles. The number of hydrogen-bond acceptors (Lipinski definition) is 1. The first-order valence-electron chi connectivity index (χ1n) is 6.57. The molecule has 2 aromatic carbocycles. The van der Waals surface area contributed by atoms with Gasteiger partial charge in [0.05, 0.1) is 0 Å². The number of aromatic nitrogens is 1. The standard InChI is InChI=1S/C17H17NO/c1-12-6-5-9-14-15(10-11-19)17(18-16(12)14)13-7-3-2-4-8-13/h2-9,18-19H,10-11H2,1H3. The van der Waals surface area contributed by atoms with Crippen LogP contribution >= 0.6 is 0 Å². The number of H-pyrrole nitrogens is 1. The van der Waals surface area contributed by atoms with E-state index >= 15 is 0 Å². The minimum Gasteiger partial charge on any atom is -0.396 e. The number of aromatic amines is 1. The van der Waals surface area contributed by atoms with Gasteiger partial charge in [0.1, 0.15) is 0 Å². The summed E-state index contributed by atoms with van der Waals surface area (Å²) in [6.07, 6.45) is 0.674. The molecular weight excluding hydrogens is 234 g/mol. The maximum absolute atomic E-state index is 9.32. The van der Waals surface area contributed by atoms with Gasteiger partial charge in [-0.25, -0.2) is 0 Å². The lowest BCUT2D eigenvalue weighted by Crippen LogP contribution is -1.92. The zero-order valence-electron chi connectivity index (χ0n) is 11.0. The third-order valence-electron chi connectivity index (χ3n) is 3.57. The van der Waals surface area contributed by atoms with Crippen LogP contribution in [0.15, 0.2) is 48.5 Å². The number of aryl methyl sites for hydroxylation is 1. The van der Waals surface area contributed by atoms with Crippen LogP contribution in [-0.4, -0.2) is 16.7 Å². The van der Waals surface area contributed by atoms with Crippen molar-refractivity contribution in [3.8, 4) is 11.3 Å². The second kappa shape index (κ2) is 4.90. The number of aliphatic hydroxyl groups excluding tert-OH is 1. The summed E-state index contributed by atoms with van der Waals surface area (Å²) in [4.78, 5) is 3.52. The van der Waals surface area contributed by atoms with Gasteiger partial charge in [-0.05, 0) is 30.0 Å². The Hall–Kier alpha value is -2.06. The van der Waals surface area contributed by atoms with Gasteiger partial charge in [0.25, 0.3) is 0 Å². The van der Waals surface area contributed by atoms with Crippen molar-refractivity contribution in [3.05, 3.63) is 59.7 Å². The van der Waals surface area contributed by atoms with Crippen molar-refractivity contribution in [3.63, 3.8) is 0 Å². The fourth-order valence-electron chi connectivity index (χ4n) is 2.64. The van der Waals surface area contributed by atoms with Crippen molar-refractivity contribution in [1.82, 2.24) is 4.98 Å². The van der Waals surface area contributed by atoms with Gasteiger partial charge in [-0.15, -0.1) is 0 Å². The molecule has 0 atom stereocenters. The van der Waals surface area contributed by atoms with E-state index in [0.29, 0.717) is 6.42 Å². The quantitative estimate of drug-likeness (QED) is 0.732. The minimum absolute atomic E-state index is 0.167. The van der Waals surface area contributed by atoms with E-state index < -0.39 is 0 Å². The smallest absolute Gasteiger partial charge is 0.0498 e. The second-order valence-corrected chi connectivity index (χ2v) is 4.82. The Morgan fingerprint density at radius 3 is 2.53 bits per heavy atom.